The van der Waals surface area contributed by atoms with E-state index in [4.69, 9.17) is 0 Å². The van der Waals surface area contributed by atoms with Crippen LogP contribution in [0.1, 0.15) is 19.9 Å². The second-order valence-corrected chi connectivity index (χ2v) is 5.07. The van der Waals surface area contributed by atoms with Gasteiger partial charge in [0.1, 0.15) is 0 Å². The summed E-state index contributed by atoms with van der Waals surface area (Å²) >= 11 is 0. The molecule has 2 aromatic rings. The number of hydrogen-bond acceptors (Lipinski definition) is 2. The lowest BCUT2D eigenvalue weighted by molar-refractivity contribution is -0.115. The second kappa shape index (κ2) is 4.46. The number of carbonyl (C=O) groups excluding carboxylic acids is 1. The van der Waals surface area contributed by atoms with Crippen molar-refractivity contribution >= 4 is 22.5 Å². The molecule has 0 saturated heterocycles. The molecule has 4 heteroatoms. The minimum absolute atomic E-state index is 0.0329. The van der Waals surface area contributed by atoms with Crippen LogP contribution in [0.5, 0.6) is 0 Å². The van der Waals surface area contributed by atoms with Gasteiger partial charge in [-0.2, -0.15) is 0 Å². The Labute approximate surface area is 112 Å². The van der Waals surface area contributed by atoms with Crippen LogP contribution in [0, 0.1) is 0 Å². The Morgan fingerprint density at radius 1 is 1.32 bits per heavy atom. The Morgan fingerprint density at radius 2 is 2.16 bits per heavy atom. The van der Waals surface area contributed by atoms with Crippen LogP contribution in [0.4, 0.5) is 5.69 Å². The highest BCUT2D eigenvalue weighted by Crippen LogP contribution is 2.27. The van der Waals surface area contributed by atoms with Crippen LogP contribution in [0.3, 0.4) is 0 Å². The number of carbonyl (C=O) groups is 1. The molecule has 1 aromatic carbocycles. The predicted octanol–water partition coefficient (Wildman–Crippen LogP) is 2.65. The highest BCUT2D eigenvalue weighted by molar-refractivity contribution is 5.95. The lowest BCUT2D eigenvalue weighted by Gasteiger charge is -2.11. The Kier molecular flexibility index (Phi) is 2.78. The Hall–Kier alpha value is -2.23. The first-order valence-corrected chi connectivity index (χ1v) is 6.50. The molecule has 1 aliphatic rings. The predicted molar refractivity (Wildman–Crippen MR) is 77.0 cm³/mol. The third-order valence-electron chi connectivity index (χ3n) is 3.37. The minimum atomic E-state index is -0.0329. The summed E-state index contributed by atoms with van der Waals surface area (Å²) in [6.07, 6.45) is 3.71. The Bertz CT molecular complexity index is 667. The van der Waals surface area contributed by atoms with E-state index in [1.165, 1.54) is 10.9 Å². The number of amides is 1. The molecule has 4 nitrogen and oxygen atoms in total. The van der Waals surface area contributed by atoms with E-state index in [-0.39, 0.29) is 5.91 Å². The summed E-state index contributed by atoms with van der Waals surface area (Å²) in [6, 6.07) is 8.74. The zero-order valence-electron chi connectivity index (χ0n) is 11.1. The average molecular weight is 255 g/mol. The van der Waals surface area contributed by atoms with E-state index in [0.29, 0.717) is 12.6 Å². The number of anilines is 1. The SMILES string of the molecule is CC(C)n1ccc2c(NC3=CC(=O)NC3)cccc21. The highest BCUT2D eigenvalue weighted by Gasteiger charge is 2.13. The first-order valence-electron chi connectivity index (χ1n) is 6.50. The normalized spacial score (nSPS) is 14.9. The smallest absolute Gasteiger partial charge is 0.246 e. The lowest BCUT2D eigenvalue weighted by atomic mass is 10.2. The van der Waals surface area contributed by atoms with Crippen molar-refractivity contribution in [2.24, 2.45) is 0 Å². The highest BCUT2D eigenvalue weighted by atomic mass is 16.1. The number of hydrogen-bond donors (Lipinski definition) is 2. The summed E-state index contributed by atoms with van der Waals surface area (Å²) in [5.74, 6) is -0.0329. The van der Waals surface area contributed by atoms with Gasteiger partial charge >= 0.3 is 0 Å². The van der Waals surface area contributed by atoms with Gasteiger partial charge in [0.25, 0.3) is 0 Å². The summed E-state index contributed by atoms with van der Waals surface area (Å²) in [6.45, 7) is 4.91. The van der Waals surface area contributed by atoms with Gasteiger partial charge < -0.3 is 15.2 Å². The van der Waals surface area contributed by atoms with Crippen molar-refractivity contribution in [1.82, 2.24) is 9.88 Å². The third-order valence-corrected chi connectivity index (χ3v) is 3.37. The van der Waals surface area contributed by atoms with Crippen molar-refractivity contribution in [3.63, 3.8) is 0 Å². The fraction of sp³-hybridized carbons (Fsp3) is 0.267. The monoisotopic (exact) mass is 255 g/mol. The maximum absolute atomic E-state index is 11.2. The summed E-state index contributed by atoms with van der Waals surface area (Å²) in [7, 11) is 0. The van der Waals surface area contributed by atoms with Gasteiger partial charge in [-0.3, -0.25) is 4.79 Å². The number of nitrogens with zero attached hydrogens (tertiary/aromatic N) is 1. The molecule has 0 bridgehead atoms. The van der Waals surface area contributed by atoms with Crippen LogP contribution in [-0.4, -0.2) is 17.0 Å². The van der Waals surface area contributed by atoms with E-state index in [2.05, 4.69) is 47.4 Å². The lowest BCUT2D eigenvalue weighted by Crippen LogP contribution is -2.16. The fourth-order valence-corrected chi connectivity index (χ4v) is 2.44. The van der Waals surface area contributed by atoms with E-state index < -0.39 is 0 Å². The molecule has 0 unspecified atom stereocenters. The van der Waals surface area contributed by atoms with Crippen molar-refractivity contribution in [1.29, 1.82) is 0 Å². The molecule has 0 radical (unpaired) electrons. The molecule has 19 heavy (non-hydrogen) atoms. The molecule has 1 aromatic heterocycles. The van der Waals surface area contributed by atoms with E-state index in [1.807, 2.05) is 12.1 Å². The van der Waals surface area contributed by atoms with E-state index >= 15 is 0 Å². The van der Waals surface area contributed by atoms with E-state index in [9.17, 15) is 4.79 Å². The van der Waals surface area contributed by atoms with Gasteiger partial charge in [-0.05, 0) is 32.0 Å². The molecule has 1 amide bonds. The van der Waals surface area contributed by atoms with E-state index in [1.54, 1.807) is 6.08 Å². The molecule has 3 rings (SSSR count). The van der Waals surface area contributed by atoms with Crippen LogP contribution < -0.4 is 10.6 Å². The zero-order valence-corrected chi connectivity index (χ0v) is 11.1. The van der Waals surface area contributed by atoms with Gasteiger partial charge in [0, 0.05) is 35.1 Å². The summed E-state index contributed by atoms with van der Waals surface area (Å²) in [5.41, 5.74) is 3.16. The largest absolute Gasteiger partial charge is 0.357 e. The van der Waals surface area contributed by atoms with Crippen molar-refractivity contribution in [3.05, 3.63) is 42.2 Å². The van der Waals surface area contributed by atoms with Crippen LogP contribution >= 0.6 is 0 Å². The molecule has 0 spiro atoms. The molecule has 2 heterocycles. The maximum atomic E-state index is 11.2. The van der Waals surface area contributed by atoms with Gasteiger partial charge in [0.15, 0.2) is 0 Å². The molecule has 1 aliphatic heterocycles. The molecule has 0 atom stereocenters. The quantitative estimate of drug-likeness (QED) is 0.885. The van der Waals surface area contributed by atoms with Gasteiger partial charge in [0.05, 0.1) is 12.1 Å². The number of fused-ring (bicyclic) bond motifs is 1. The molecular formula is C15H17N3O. The standard InChI is InChI=1S/C15H17N3O/c1-10(2)18-7-6-12-13(4-3-5-14(12)18)17-11-8-15(19)16-9-11/h3-8,10,17H,9H2,1-2H3,(H,16,19). The van der Waals surface area contributed by atoms with Gasteiger partial charge in [-0.25, -0.2) is 0 Å². The van der Waals surface area contributed by atoms with Crippen molar-refractivity contribution in [2.75, 3.05) is 11.9 Å². The number of rotatable bonds is 3. The van der Waals surface area contributed by atoms with E-state index in [0.717, 1.165) is 11.4 Å². The molecule has 0 fully saturated rings. The summed E-state index contributed by atoms with van der Waals surface area (Å²) in [5, 5.41) is 7.27. The minimum Gasteiger partial charge on any atom is -0.357 e. The first kappa shape index (κ1) is 11.8. The molecule has 2 N–H and O–H groups in total. The fourth-order valence-electron chi connectivity index (χ4n) is 2.44. The van der Waals surface area contributed by atoms with Crippen LogP contribution in [0.15, 0.2) is 42.2 Å². The second-order valence-electron chi connectivity index (χ2n) is 5.07. The van der Waals surface area contributed by atoms with Gasteiger partial charge in [-0.15, -0.1) is 0 Å². The van der Waals surface area contributed by atoms with Crippen LogP contribution in [-0.2, 0) is 4.79 Å². The molecule has 0 aliphatic carbocycles. The first-order chi connectivity index (χ1) is 9.15. The van der Waals surface area contributed by atoms with Crippen molar-refractivity contribution in [3.8, 4) is 0 Å². The van der Waals surface area contributed by atoms with Crippen LogP contribution in [0.2, 0.25) is 0 Å². The maximum Gasteiger partial charge on any atom is 0.246 e. The molecular weight excluding hydrogens is 238 g/mol. The summed E-state index contributed by atoms with van der Waals surface area (Å²) < 4.78 is 2.24. The zero-order chi connectivity index (χ0) is 13.4. The van der Waals surface area contributed by atoms with Gasteiger partial charge in [0.2, 0.25) is 5.91 Å². The number of aromatic nitrogens is 1. The van der Waals surface area contributed by atoms with Crippen LogP contribution in [0.25, 0.3) is 10.9 Å². The van der Waals surface area contributed by atoms with Crippen molar-refractivity contribution < 1.29 is 4.79 Å². The molecule has 0 saturated carbocycles. The summed E-state index contributed by atoms with van der Waals surface area (Å²) in [4.78, 5) is 11.2. The molecule has 98 valence electrons. The third kappa shape index (κ3) is 2.10. The Balaban J connectivity index is 2.00. The number of benzene rings is 1. The van der Waals surface area contributed by atoms with Gasteiger partial charge in [-0.1, -0.05) is 6.07 Å². The number of nitrogens with one attached hydrogen (secondary N) is 2. The Morgan fingerprint density at radius 3 is 2.84 bits per heavy atom. The topological polar surface area (TPSA) is 46.1 Å². The average Bonchev–Trinajstić information content (AvgIpc) is 2.96. The van der Waals surface area contributed by atoms with Crippen molar-refractivity contribution in [2.45, 2.75) is 19.9 Å².